The first-order chi connectivity index (χ1) is 15.0. The molecule has 0 spiro atoms. The number of rotatable bonds is 6. The molecular weight excluding hydrogens is 392 g/mol. The molecule has 1 aromatic heterocycles. The number of primary amides is 1. The molecule has 3 aromatic rings. The number of amides is 2. The number of para-hydroxylation sites is 2. The van der Waals surface area contributed by atoms with Crippen molar-refractivity contribution >= 4 is 34.2 Å². The molecule has 7 heteroatoms. The summed E-state index contributed by atoms with van der Waals surface area (Å²) >= 11 is 0. The Morgan fingerprint density at radius 2 is 1.81 bits per heavy atom. The maximum atomic E-state index is 12.6. The summed E-state index contributed by atoms with van der Waals surface area (Å²) in [4.78, 5) is 32.6. The molecule has 0 aliphatic carbocycles. The van der Waals surface area contributed by atoms with E-state index in [0.717, 1.165) is 42.8 Å². The van der Waals surface area contributed by atoms with Gasteiger partial charge in [-0.05, 0) is 43.2 Å². The molecule has 160 valence electrons. The summed E-state index contributed by atoms with van der Waals surface area (Å²) in [6.07, 6.45) is 1.46. The summed E-state index contributed by atoms with van der Waals surface area (Å²) in [5.74, 6) is 0.962. The van der Waals surface area contributed by atoms with Gasteiger partial charge in [0.2, 0.25) is 5.91 Å². The third-order valence-corrected chi connectivity index (χ3v) is 5.76. The molecule has 1 aliphatic heterocycles. The first-order valence-electron chi connectivity index (χ1n) is 10.4. The Balaban J connectivity index is 1.49. The number of likely N-dealkylation sites (N-methyl/N-ethyl adjacent to an activating group) is 1. The van der Waals surface area contributed by atoms with Crippen molar-refractivity contribution in [3.05, 3.63) is 60.7 Å². The minimum atomic E-state index is -0.230. The predicted molar refractivity (Wildman–Crippen MR) is 121 cm³/mol. The average molecular weight is 418 g/mol. The summed E-state index contributed by atoms with van der Waals surface area (Å²) < 4.78 is 5.88. The van der Waals surface area contributed by atoms with Crippen molar-refractivity contribution in [3.63, 3.8) is 0 Å². The Kier molecular flexibility index (Phi) is 6.02. The van der Waals surface area contributed by atoms with E-state index >= 15 is 0 Å². The highest BCUT2D eigenvalue weighted by Crippen LogP contribution is 2.28. The smallest absolute Gasteiger partial charge is 0.264 e. The highest BCUT2D eigenvalue weighted by molar-refractivity contribution is 5.94. The van der Waals surface area contributed by atoms with Gasteiger partial charge in [-0.2, -0.15) is 0 Å². The van der Waals surface area contributed by atoms with Crippen LogP contribution in [0.25, 0.3) is 10.9 Å². The topological polar surface area (TPSA) is 88.8 Å². The number of benzene rings is 2. The minimum Gasteiger partial charge on any atom is -0.481 e. The van der Waals surface area contributed by atoms with E-state index in [1.165, 1.54) is 0 Å². The number of hydrogen-bond acceptors (Lipinski definition) is 5. The van der Waals surface area contributed by atoms with Gasteiger partial charge in [-0.3, -0.25) is 9.59 Å². The predicted octanol–water partition coefficient (Wildman–Crippen LogP) is 2.98. The van der Waals surface area contributed by atoms with E-state index in [1.807, 2.05) is 60.7 Å². The van der Waals surface area contributed by atoms with Crippen molar-refractivity contribution < 1.29 is 14.3 Å². The summed E-state index contributed by atoms with van der Waals surface area (Å²) in [6, 6.07) is 19.1. The summed E-state index contributed by atoms with van der Waals surface area (Å²) in [7, 11) is 1.73. The van der Waals surface area contributed by atoms with E-state index in [0.29, 0.717) is 11.3 Å². The van der Waals surface area contributed by atoms with Crippen molar-refractivity contribution in [2.24, 2.45) is 11.7 Å². The molecule has 2 amide bonds. The van der Waals surface area contributed by atoms with Crippen LogP contribution in [0.1, 0.15) is 12.8 Å². The number of aromatic nitrogens is 1. The van der Waals surface area contributed by atoms with Crippen molar-refractivity contribution in [3.8, 4) is 5.75 Å². The van der Waals surface area contributed by atoms with Gasteiger partial charge in [0.25, 0.3) is 5.91 Å². The Morgan fingerprint density at radius 3 is 2.52 bits per heavy atom. The Labute approximate surface area is 181 Å². The molecule has 1 aliphatic rings. The Morgan fingerprint density at radius 1 is 1.06 bits per heavy atom. The van der Waals surface area contributed by atoms with Crippen LogP contribution in [0, 0.1) is 5.92 Å². The van der Waals surface area contributed by atoms with Crippen molar-refractivity contribution in [1.29, 1.82) is 0 Å². The fourth-order valence-electron chi connectivity index (χ4n) is 3.83. The van der Waals surface area contributed by atoms with Crippen LogP contribution in [0.5, 0.6) is 5.75 Å². The molecule has 2 heterocycles. The van der Waals surface area contributed by atoms with Gasteiger partial charge in [-0.25, -0.2) is 4.98 Å². The zero-order valence-electron chi connectivity index (χ0n) is 17.5. The first-order valence-corrected chi connectivity index (χ1v) is 10.4. The molecule has 2 N–H and O–H groups in total. The zero-order chi connectivity index (χ0) is 21.8. The first kappa shape index (κ1) is 20.7. The number of nitrogens with two attached hydrogens (primary N) is 1. The number of hydrogen-bond donors (Lipinski definition) is 1. The van der Waals surface area contributed by atoms with Crippen LogP contribution < -0.4 is 20.3 Å². The molecule has 0 unspecified atom stereocenters. The largest absolute Gasteiger partial charge is 0.481 e. The molecule has 2 aromatic carbocycles. The van der Waals surface area contributed by atoms with Crippen LogP contribution in [0.4, 0.5) is 11.5 Å². The number of anilines is 2. The van der Waals surface area contributed by atoms with Gasteiger partial charge in [-0.15, -0.1) is 0 Å². The van der Waals surface area contributed by atoms with E-state index < -0.39 is 0 Å². The molecule has 0 bridgehead atoms. The third-order valence-electron chi connectivity index (χ3n) is 5.76. The molecule has 31 heavy (non-hydrogen) atoms. The number of carbonyl (C=O) groups excluding carboxylic acids is 2. The second-order valence-corrected chi connectivity index (χ2v) is 7.74. The molecular formula is C24H26N4O3. The molecule has 0 atom stereocenters. The summed E-state index contributed by atoms with van der Waals surface area (Å²) in [5, 5.41) is 0.942. The molecule has 7 nitrogen and oxygen atoms in total. The van der Waals surface area contributed by atoms with Gasteiger partial charge in [0.1, 0.15) is 17.1 Å². The second-order valence-electron chi connectivity index (χ2n) is 7.74. The van der Waals surface area contributed by atoms with E-state index in [1.54, 1.807) is 11.9 Å². The van der Waals surface area contributed by atoms with Crippen molar-refractivity contribution in [2.75, 3.05) is 36.5 Å². The maximum Gasteiger partial charge on any atom is 0.264 e. The summed E-state index contributed by atoms with van der Waals surface area (Å²) in [5.41, 5.74) is 6.97. The summed E-state index contributed by atoms with van der Waals surface area (Å²) in [6.45, 7) is 1.38. The fourth-order valence-corrected chi connectivity index (χ4v) is 3.83. The average Bonchev–Trinajstić information content (AvgIpc) is 2.82. The molecule has 1 saturated heterocycles. The number of carbonyl (C=O) groups is 2. The Bertz CT molecular complexity index is 1080. The van der Waals surface area contributed by atoms with Crippen LogP contribution >= 0.6 is 0 Å². The lowest BCUT2D eigenvalue weighted by Crippen LogP contribution is -2.38. The maximum absolute atomic E-state index is 12.6. The second kappa shape index (κ2) is 9.04. The number of pyridine rings is 1. The van der Waals surface area contributed by atoms with Gasteiger partial charge in [0.15, 0.2) is 6.61 Å². The van der Waals surface area contributed by atoms with Gasteiger partial charge in [0, 0.05) is 37.1 Å². The van der Waals surface area contributed by atoms with Crippen molar-refractivity contribution in [2.45, 2.75) is 12.8 Å². The van der Waals surface area contributed by atoms with Gasteiger partial charge in [0.05, 0.1) is 0 Å². The SMILES string of the molecule is CN(C(=O)COc1cccc2ccc(N3CCC(C(N)=O)CC3)nc12)c1ccccc1. The fraction of sp³-hybridized carbons (Fsp3) is 0.292. The Hall–Kier alpha value is -3.61. The van der Waals surface area contributed by atoms with Crippen LogP contribution in [0.2, 0.25) is 0 Å². The van der Waals surface area contributed by atoms with Crippen LogP contribution in [0.15, 0.2) is 60.7 Å². The van der Waals surface area contributed by atoms with Gasteiger partial charge >= 0.3 is 0 Å². The van der Waals surface area contributed by atoms with Crippen LogP contribution in [0.3, 0.4) is 0 Å². The van der Waals surface area contributed by atoms with E-state index in [4.69, 9.17) is 15.5 Å². The van der Waals surface area contributed by atoms with Gasteiger partial charge < -0.3 is 20.3 Å². The standard InChI is InChI=1S/C24H26N4O3/c1-27(19-7-3-2-4-8-19)22(29)16-31-20-9-5-6-17-10-11-21(26-23(17)20)28-14-12-18(13-15-28)24(25)30/h2-11,18H,12-16H2,1H3,(H2,25,30). The number of nitrogens with zero attached hydrogens (tertiary/aromatic N) is 3. The van der Waals surface area contributed by atoms with Crippen LogP contribution in [-0.2, 0) is 9.59 Å². The number of fused-ring (bicyclic) bond motifs is 1. The molecule has 1 fully saturated rings. The normalized spacial score (nSPS) is 14.4. The monoisotopic (exact) mass is 418 g/mol. The lowest BCUT2D eigenvalue weighted by atomic mass is 9.96. The van der Waals surface area contributed by atoms with E-state index in [9.17, 15) is 9.59 Å². The lowest BCUT2D eigenvalue weighted by Gasteiger charge is -2.31. The van der Waals surface area contributed by atoms with Crippen molar-refractivity contribution in [1.82, 2.24) is 4.98 Å². The highest BCUT2D eigenvalue weighted by atomic mass is 16.5. The quantitative estimate of drug-likeness (QED) is 0.665. The number of piperidine rings is 1. The van der Waals surface area contributed by atoms with E-state index in [2.05, 4.69) is 4.90 Å². The van der Waals surface area contributed by atoms with Crippen LogP contribution in [-0.4, -0.2) is 43.5 Å². The lowest BCUT2D eigenvalue weighted by molar-refractivity contribution is -0.122. The number of ether oxygens (including phenoxy) is 1. The molecule has 0 saturated carbocycles. The molecule has 4 rings (SSSR count). The van der Waals surface area contributed by atoms with Gasteiger partial charge in [-0.1, -0.05) is 30.3 Å². The zero-order valence-corrected chi connectivity index (χ0v) is 17.5. The third kappa shape index (κ3) is 4.60. The van der Waals surface area contributed by atoms with E-state index in [-0.39, 0.29) is 24.3 Å². The molecule has 0 radical (unpaired) electrons. The highest BCUT2D eigenvalue weighted by Gasteiger charge is 2.24. The minimum absolute atomic E-state index is 0.0665.